The Balaban J connectivity index is 1.95. The molecule has 1 aliphatic rings. The lowest BCUT2D eigenvalue weighted by molar-refractivity contribution is 0.229. The van der Waals surface area contributed by atoms with Gasteiger partial charge in [-0.15, -0.1) is 0 Å². The highest BCUT2D eigenvalue weighted by atomic mass is 19.1. The molecule has 0 aliphatic heterocycles. The summed E-state index contributed by atoms with van der Waals surface area (Å²) < 4.78 is 18.2. The summed E-state index contributed by atoms with van der Waals surface area (Å²) in [5.74, 6) is 0.507. The van der Waals surface area contributed by atoms with Crippen LogP contribution in [-0.4, -0.2) is 10.1 Å². The molecule has 4 nitrogen and oxygen atoms in total. The van der Waals surface area contributed by atoms with Crippen molar-refractivity contribution in [3.63, 3.8) is 0 Å². The highest BCUT2D eigenvalue weighted by Crippen LogP contribution is 2.37. The van der Waals surface area contributed by atoms with Crippen molar-refractivity contribution < 1.29 is 8.91 Å². The standard InChI is InChI=1S/C12H12FN3O/c13-9-4-1-3-8(7-9)10-15-11(16-17-10)12(14)5-2-6-12/h1,3-4,7H,2,5-6,14H2. The fraction of sp³-hybridized carbons (Fsp3) is 0.333. The number of hydrogen-bond donors (Lipinski definition) is 1. The van der Waals surface area contributed by atoms with Gasteiger partial charge in [-0.05, 0) is 37.5 Å². The van der Waals surface area contributed by atoms with Gasteiger partial charge in [-0.3, -0.25) is 0 Å². The van der Waals surface area contributed by atoms with E-state index in [2.05, 4.69) is 10.1 Å². The first-order valence-electron chi connectivity index (χ1n) is 5.56. The van der Waals surface area contributed by atoms with Gasteiger partial charge in [0.2, 0.25) is 0 Å². The molecule has 0 bridgehead atoms. The van der Waals surface area contributed by atoms with E-state index in [9.17, 15) is 4.39 Å². The zero-order valence-corrected chi connectivity index (χ0v) is 9.19. The zero-order valence-electron chi connectivity index (χ0n) is 9.19. The van der Waals surface area contributed by atoms with E-state index in [0.717, 1.165) is 19.3 Å². The van der Waals surface area contributed by atoms with Crippen LogP contribution < -0.4 is 5.73 Å². The summed E-state index contributed by atoms with van der Waals surface area (Å²) in [4.78, 5) is 4.25. The van der Waals surface area contributed by atoms with Gasteiger partial charge >= 0.3 is 0 Å². The highest BCUT2D eigenvalue weighted by Gasteiger charge is 2.39. The van der Waals surface area contributed by atoms with Gasteiger partial charge in [0.05, 0.1) is 5.54 Å². The van der Waals surface area contributed by atoms with Crippen LogP contribution >= 0.6 is 0 Å². The van der Waals surface area contributed by atoms with E-state index in [1.165, 1.54) is 12.1 Å². The predicted octanol–water partition coefficient (Wildman–Crippen LogP) is 2.21. The molecule has 0 amide bonds. The van der Waals surface area contributed by atoms with E-state index in [4.69, 9.17) is 10.3 Å². The largest absolute Gasteiger partial charge is 0.334 e. The van der Waals surface area contributed by atoms with E-state index in [-0.39, 0.29) is 5.82 Å². The molecular weight excluding hydrogens is 221 g/mol. The van der Waals surface area contributed by atoms with Crippen molar-refractivity contribution in [2.45, 2.75) is 24.8 Å². The third-order valence-corrected chi connectivity index (χ3v) is 3.19. The Morgan fingerprint density at radius 2 is 2.18 bits per heavy atom. The zero-order chi connectivity index (χ0) is 11.9. The van der Waals surface area contributed by atoms with Gasteiger partial charge in [-0.25, -0.2) is 4.39 Å². The van der Waals surface area contributed by atoms with Crippen molar-refractivity contribution in [2.24, 2.45) is 5.73 Å². The van der Waals surface area contributed by atoms with Crippen LogP contribution in [0, 0.1) is 5.82 Å². The topological polar surface area (TPSA) is 64.9 Å². The van der Waals surface area contributed by atoms with E-state index >= 15 is 0 Å². The Bertz CT molecular complexity index is 548. The predicted molar refractivity (Wildman–Crippen MR) is 59.4 cm³/mol. The van der Waals surface area contributed by atoms with E-state index in [1.54, 1.807) is 12.1 Å². The lowest BCUT2D eigenvalue weighted by Gasteiger charge is -2.34. The first-order valence-corrected chi connectivity index (χ1v) is 5.56. The summed E-state index contributed by atoms with van der Waals surface area (Å²) in [6, 6.07) is 6.07. The van der Waals surface area contributed by atoms with E-state index in [0.29, 0.717) is 17.3 Å². The first-order chi connectivity index (χ1) is 8.17. The molecular formula is C12H12FN3O. The Labute approximate surface area is 97.6 Å². The molecule has 17 heavy (non-hydrogen) atoms. The third-order valence-electron chi connectivity index (χ3n) is 3.19. The lowest BCUT2D eigenvalue weighted by Crippen LogP contribution is -2.44. The van der Waals surface area contributed by atoms with Crippen molar-refractivity contribution in [1.29, 1.82) is 0 Å². The van der Waals surface area contributed by atoms with Crippen LogP contribution in [-0.2, 0) is 5.54 Å². The molecule has 0 unspecified atom stereocenters. The number of hydrogen-bond acceptors (Lipinski definition) is 4. The maximum Gasteiger partial charge on any atom is 0.258 e. The first kappa shape index (κ1) is 10.4. The second-order valence-corrected chi connectivity index (χ2v) is 4.44. The average molecular weight is 233 g/mol. The van der Waals surface area contributed by atoms with Gasteiger partial charge in [-0.2, -0.15) is 4.98 Å². The minimum absolute atomic E-state index is 0.316. The number of nitrogens with two attached hydrogens (primary N) is 1. The second-order valence-electron chi connectivity index (χ2n) is 4.44. The van der Waals surface area contributed by atoms with Crippen LogP contribution in [0.1, 0.15) is 25.1 Å². The van der Waals surface area contributed by atoms with Crippen molar-refractivity contribution in [1.82, 2.24) is 10.1 Å². The molecule has 0 atom stereocenters. The fourth-order valence-corrected chi connectivity index (χ4v) is 1.95. The van der Waals surface area contributed by atoms with Crippen LogP contribution in [0.3, 0.4) is 0 Å². The molecule has 2 N–H and O–H groups in total. The Morgan fingerprint density at radius 3 is 2.82 bits per heavy atom. The molecule has 0 spiro atoms. The van der Waals surface area contributed by atoms with Crippen molar-refractivity contribution in [3.8, 4) is 11.5 Å². The normalized spacial score (nSPS) is 17.8. The van der Waals surface area contributed by atoms with E-state index < -0.39 is 5.54 Å². The number of halogens is 1. The summed E-state index contributed by atoms with van der Waals surface area (Å²) in [7, 11) is 0. The molecule has 0 saturated heterocycles. The Hall–Kier alpha value is -1.75. The fourth-order valence-electron chi connectivity index (χ4n) is 1.95. The average Bonchev–Trinajstić information content (AvgIpc) is 2.75. The second kappa shape index (κ2) is 3.63. The van der Waals surface area contributed by atoms with Crippen LogP contribution in [0.5, 0.6) is 0 Å². The molecule has 0 radical (unpaired) electrons. The monoisotopic (exact) mass is 233 g/mol. The molecule has 88 valence electrons. The Kier molecular flexibility index (Phi) is 2.22. The smallest absolute Gasteiger partial charge is 0.258 e. The Morgan fingerprint density at radius 1 is 1.35 bits per heavy atom. The molecule has 1 heterocycles. The molecule has 1 aromatic carbocycles. The van der Waals surface area contributed by atoms with Gasteiger partial charge in [0.1, 0.15) is 5.82 Å². The molecule has 1 aromatic heterocycles. The third kappa shape index (κ3) is 1.72. The summed E-state index contributed by atoms with van der Waals surface area (Å²) in [5, 5.41) is 3.88. The molecule has 3 rings (SSSR count). The number of nitrogens with zero attached hydrogens (tertiary/aromatic N) is 2. The number of aromatic nitrogens is 2. The van der Waals surface area contributed by atoms with Gasteiger partial charge in [0, 0.05) is 5.56 Å². The van der Waals surface area contributed by atoms with Gasteiger partial charge in [-0.1, -0.05) is 11.2 Å². The van der Waals surface area contributed by atoms with Gasteiger partial charge in [0.25, 0.3) is 5.89 Å². The molecule has 5 heteroatoms. The highest BCUT2D eigenvalue weighted by molar-refractivity contribution is 5.52. The summed E-state index contributed by atoms with van der Waals surface area (Å²) in [6.07, 6.45) is 2.82. The van der Waals surface area contributed by atoms with Gasteiger partial charge < -0.3 is 10.3 Å². The number of benzene rings is 1. The maximum absolute atomic E-state index is 13.1. The van der Waals surface area contributed by atoms with Crippen LogP contribution in [0.15, 0.2) is 28.8 Å². The van der Waals surface area contributed by atoms with Crippen molar-refractivity contribution in [3.05, 3.63) is 35.9 Å². The van der Waals surface area contributed by atoms with Crippen LogP contribution in [0.2, 0.25) is 0 Å². The van der Waals surface area contributed by atoms with Crippen LogP contribution in [0.4, 0.5) is 4.39 Å². The maximum atomic E-state index is 13.1. The SMILES string of the molecule is NC1(c2noc(-c3cccc(F)c3)n2)CCC1. The summed E-state index contributed by atoms with van der Waals surface area (Å²) in [5.41, 5.74) is 6.21. The quantitative estimate of drug-likeness (QED) is 0.863. The van der Waals surface area contributed by atoms with Crippen molar-refractivity contribution >= 4 is 0 Å². The van der Waals surface area contributed by atoms with Crippen molar-refractivity contribution in [2.75, 3.05) is 0 Å². The molecule has 2 aromatic rings. The lowest BCUT2D eigenvalue weighted by atomic mass is 9.77. The van der Waals surface area contributed by atoms with Gasteiger partial charge in [0.15, 0.2) is 5.82 Å². The molecule has 1 aliphatic carbocycles. The minimum Gasteiger partial charge on any atom is -0.334 e. The molecule has 1 saturated carbocycles. The summed E-state index contributed by atoms with van der Waals surface area (Å²) in [6.45, 7) is 0. The van der Waals surface area contributed by atoms with E-state index in [1.807, 2.05) is 0 Å². The molecule has 1 fully saturated rings. The van der Waals surface area contributed by atoms with Crippen LogP contribution in [0.25, 0.3) is 11.5 Å². The minimum atomic E-state index is -0.449. The number of rotatable bonds is 2. The summed E-state index contributed by atoms with van der Waals surface area (Å²) >= 11 is 0.